The number of fused-ring (bicyclic) bond motifs is 1. The molecular formula is C14H17NO2. The SMILES string of the molecule is CCOC(=O)[C@@]1(C)C=C[C@@H](N)c2ccccc21. The second kappa shape index (κ2) is 4.34. The van der Waals surface area contributed by atoms with Crippen LogP contribution in [0.2, 0.25) is 0 Å². The van der Waals surface area contributed by atoms with E-state index < -0.39 is 5.41 Å². The molecule has 0 amide bonds. The molecule has 2 atom stereocenters. The summed E-state index contributed by atoms with van der Waals surface area (Å²) in [6, 6.07) is 7.61. The normalized spacial score (nSPS) is 26.4. The second-order valence-electron chi connectivity index (χ2n) is 4.39. The molecule has 0 aromatic heterocycles. The quantitative estimate of drug-likeness (QED) is 0.626. The molecule has 1 aliphatic rings. The van der Waals surface area contributed by atoms with Crippen LogP contribution in [0.5, 0.6) is 0 Å². The highest BCUT2D eigenvalue weighted by Crippen LogP contribution is 2.36. The Morgan fingerprint density at radius 2 is 2.18 bits per heavy atom. The summed E-state index contributed by atoms with van der Waals surface area (Å²) in [4.78, 5) is 12.1. The monoisotopic (exact) mass is 231 g/mol. The molecule has 0 heterocycles. The van der Waals surface area contributed by atoms with Crippen molar-refractivity contribution < 1.29 is 9.53 Å². The molecule has 1 aromatic rings. The molecule has 0 fully saturated rings. The number of carbonyl (C=O) groups is 1. The van der Waals surface area contributed by atoms with Crippen molar-refractivity contribution in [3.63, 3.8) is 0 Å². The summed E-state index contributed by atoms with van der Waals surface area (Å²) in [5, 5.41) is 0. The number of rotatable bonds is 2. The van der Waals surface area contributed by atoms with Gasteiger partial charge in [0.2, 0.25) is 0 Å². The van der Waals surface area contributed by atoms with Gasteiger partial charge in [0.15, 0.2) is 0 Å². The topological polar surface area (TPSA) is 52.3 Å². The molecule has 0 saturated carbocycles. The Bertz CT molecular complexity index is 467. The molecule has 0 spiro atoms. The van der Waals surface area contributed by atoms with Crippen LogP contribution in [0.1, 0.15) is 31.0 Å². The molecule has 0 radical (unpaired) electrons. The van der Waals surface area contributed by atoms with Gasteiger partial charge in [0, 0.05) is 6.04 Å². The van der Waals surface area contributed by atoms with Gasteiger partial charge in [-0.05, 0) is 25.0 Å². The van der Waals surface area contributed by atoms with E-state index in [9.17, 15) is 4.79 Å². The summed E-state index contributed by atoms with van der Waals surface area (Å²) < 4.78 is 5.15. The first-order valence-electron chi connectivity index (χ1n) is 5.81. The zero-order valence-electron chi connectivity index (χ0n) is 10.1. The Kier molecular flexibility index (Phi) is 3.03. The standard InChI is InChI=1S/C14H17NO2/c1-3-17-13(16)14(2)9-8-12(15)10-6-4-5-7-11(10)14/h4-9,12H,3,15H2,1-2H3/t12-,14+/m1/s1. The van der Waals surface area contributed by atoms with E-state index in [0.29, 0.717) is 6.61 Å². The molecule has 2 rings (SSSR count). The van der Waals surface area contributed by atoms with Crippen molar-refractivity contribution >= 4 is 5.97 Å². The van der Waals surface area contributed by atoms with Crippen LogP contribution in [0.3, 0.4) is 0 Å². The number of hydrogen-bond donors (Lipinski definition) is 1. The van der Waals surface area contributed by atoms with Crippen molar-refractivity contribution in [2.24, 2.45) is 5.73 Å². The number of nitrogens with two attached hydrogens (primary N) is 1. The Hall–Kier alpha value is -1.61. The van der Waals surface area contributed by atoms with Crippen LogP contribution in [0, 0.1) is 0 Å². The van der Waals surface area contributed by atoms with Gasteiger partial charge in [0.1, 0.15) is 5.41 Å². The summed E-state index contributed by atoms with van der Waals surface area (Å²) in [5.41, 5.74) is 7.21. The minimum atomic E-state index is -0.720. The van der Waals surface area contributed by atoms with Crippen molar-refractivity contribution in [1.82, 2.24) is 0 Å². The number of esters is 1. The third kappa shape index (κ3) is 1.87. The van der Waals surface area contributed by atoms with Gasteiger partial charge >= 0.3 is 5.97 Å². The van der Waals surface area contributed by atoms with Crippen LogP contribution >= 0.6 is 0 Å². The fourth-order valence-corrected chi connectivity index (χ4v) is 2.21. The summed E-state index contributed by atoms with van der Waals surface area (Å²) >= 11 is 0. The van der Waals surface area contributed by atoms with E-state index in [2.05, 4.69) is 0 Å². The van der Waals surface area contributed by atoms with Crippen molar-refractivity contribution in [3.8, 4) is 0 Å². The molecule has 0 unspecified atom stereocenters. The zero-order chi connectivity index (χ0) is 12.5. The van der Waals surface area contributed by atoms with Crippen molar-refractivity contribution in [1.29, 1.82) is 0 Å². The fourth-order valence-electron chi connectivity index (χ4n) is 2.21. The number of benzene rings is 1. The van der Waals surface area contributed by atoms with Crippen LogP contribution in [0.15, 0.2) is 36.4 Å². The third-order valence-electron chi connectivity index (χ3n) is 3.22. The van der Waals surface area contributed by atoms with E-state index in [1.165, 1.54) is 0 Å². The highest BCUT2D eigenvalue weighted by Gasteiger charge is 2.38. The zero-order valence-corrected chi connectivity index (χ0v) is 10.1. The Morgan fingerprint density at radius 1 is 1.47 bits per heavy atom. The van der Waals surface area contributed by atoms with Gasteiger partial charge in [-0.1, -0.05) is 36.4 Å². The van der Waals surface area contributed by atoms with E-state index in [1.807, 2.05) is 50.3 Å². The summed E-state index contributed by atoms with van der Waals surface area (Å²) in [6.45, 7) is 4.06. The largest absolute Gasteiger partial charge is 0.465 e. The van der Waals surface area contributed by atoms with Crippen molar-refractivity contribution in [2.75, 3.05) is 6.61 Å². The first kappa shape index (κ1) is 11.9. The van der Waals surface area contributed by atoms with Gasteiger partial charge in [-0.3, -0.25) is 4.79 Å². The van der Waals surface area contributed by atoms with Gasteiger partial charge in [0.05, 0.1) is 6.61 Å². The van der Waals surface area contributed by atoms with E-state index in [0.717, 1.165) is 11.1 Å². The summed E-state index contributed by atoms with van der Waals surface area (Å²) in [5.74, 6) is -0.226. The predicted octanol–water partition coefficient (Wildman–Crippen LogP) is 2.08. The summed E-state index contributed by atoms with van der Waals surface area (Å²) in [7, 11) is 0. The molecule has 3 heteroatoms. The molecule has 17 heavy (non-hydrogen) atoms. The van der Waals surface area contributed by atoms with Gasteiger partial charge in [-0.15, -0.1) is 0 Å². The van der Waals surface area contributed by atoms with E-state index in [-0.39, 0.29) is 12.0 Å². The number of hydrogen-bond acceptors (Lipinski definition) is 3. The Morgan fingerprint density at radius 3 is 2.88 bits per heavy atom. The maximum Gasteiger partial charge on any atom is 0.320 e. The minimum Gasteiger partial charge on any atom is -0.465 e. The predicted molar refractivity (Wildman–Crippen MR) is 66.5 cm³/mol. The molecule has 3 nitrogen and oxygen atoms in total. The third-order valence-corrected chi connectivity index (χ3v) is 3.22. The fraction of sp³-hybridized carbons (Fsp3) is 0.357. The lowest BCUT2D eigenvalue weighted by atomic mass is 9.74. The molecule has 0 aliphatic heterocycles. The van der Waals surface area contributed by atoms with Crippen molar-refractivity contribution in [3.05, 3.63) is 47.5 Å². The number of ether oxygens (including phenoxy) is 1. The highest BCUT2D eigenvalue weighted by atomic mass is 16.5. The lowest BCUT2D eigenvalue weighted by molar-refractivity contribution is -0.147. The Labute approximate surface area is 101 Å². The maximum absolute atomic E-state index is 12.1. The lowest BCUT2D eigenvalue weighted by Crippen LogP contribution is -2.36. The van der Waals surface area contributed by atoms with E-state index >= 15 is 0 Å². The highest BCUT2D eigenvalue weighted by molar-refractivity contribution is 5.86. The average molecular weight is 231 g/mol. The molecule has 2 N–H and O–H groups in total. The minimum absolute atomic E-state index is 0.145. The lowest BCUT2D eigenvalue weighted by Gasteiger charge is -2.31. The molecule has 0 bridgehead atoms. The second-order valence-corrected chi connectivity index (χ2v) is 4.39. The van der Waals surface area contributed by atoms with Crippen LogP contribution in [0.4, 0.5) is 0 Å². The molecule has 90 valence electrons. The molecule has 1 aromatic carbocycles. The van der Waals surface area contributed by atoms with Gasteiger partial charge in [-0.25, -0.2) is 0 Å². The molecule has 1 aliphatic carbocycles. The first-order valence-corrected chi connectivity index (χ1v) is 5.81. The van der Waals surface area contributed by atoms with Crippen LogP contribution in [0.25, 0.3) is 0 Å². The van der Waals surface area contributed by atoms with Gasteiger partial charge in [0.25, 0.3) is 0 Å². The van der Waals surface area contributed by atoms with Crippen LogP contribution in [-0.2, 0) is 14.9 Å². The van der Waals surface area contributed by atoms with Gasteiger partial charge in [-0.2, -0.15) is 0 Å². The first-order chi connectivity index (χ1) is 8.09. The van der Waals surface area contributed by atoms with E-state index in [1.54, 1.807) is 0 Å². The van der Waals surface area contributed by atoms with Crippen LogP contribution < -0.4 is 5.73 Å². The summed E-state index contributed by atoms with van der Waals surface area (Å²) in [6.07, 6.45) is 3.71. The van der Waals surface area contributed by atoms with Gasteiger partial charge < -0.3 is 10.5 Å². The van der Waals surface area contributed by atoms with Crippen molar-refractivity contribution in [2.45, 2.75) is 25.3 Å². The average Bonchev–Trinajstić information content (AvgIpc) is 2.35. The molecular weight excluding hydrogens is 214 g/mol. The number of carbonyl (C=O) groups excluding carboxylic acids is 1. The molecule has 0 saturated heterocycles. The smallest absolute Gasteiger partial charge is 0.320 e. The maximum atomic E-state index is 12.1. The van der Waals surface area contributed by atoms with Crippen LogP contribution in [-0.4, -0.2) is 12.6 Å². The Balaban J connectivity index is 2.50. The van der Waals surface area contributed by atoms with E-state index in [4.69, 9.17) is 10.5 Å².